The van der Waals surface area contributed by atoms with Crippen LogP contribution in [0.2, 0.25) is 0 Å². The molecule has 3 rings (SSSR count). The van der Waals surface area contributed by atoms with Crippen LogP contribution in [0.5, 0.6) is 5.75 Å². The van der Waals surface area contributed by atoms with Gasteiger partial charge in [0.05, 0.1) is 19.7 Å². The van der Waals surface area contributed by atoms with Gasteiger partial charge in [-0.15, -0.1) is 5.06 Å². The van der Waals surface area contributed by atoms with Crippen molar-refractivity contribution < 1.29 is 33.7 Å². The molecule has 1 N–H and O–H groups in total. The summed E-state index contributed by atoms with van der Waals surface area (Å²) >= 11 is 0. The van der Waals surface area contributed by atoms with Crippen molar-refractivity contribution >= 4 is 23.5 Å². The lowest BCUT2D eigenvalue weighted by atomic mass is 10.1. The summed E-state index contributed by atoms with van der Waals surface area (Å²) in [7, 11) is 0. The van der Waals surface area contributed by atoms with Crippen LogP contribution in [0.25, 0.3) is 0 Å². The fourth-order valence-electron chi connectivity index (χ4n) is 4.06. The Balaban J connectivity index is 1.56. The standard InChI is InChI=1S/C33H40N2O7/c1-4-6-7-11-22-39-30-20-16-28(17-21-30)32(37)34-29-18-14-27(15-19-29)24-35(23-26-12-9-8-10-13-26)42-41-33(38)31(5-2)40-25(3)36/h8-10,12-21,31H,4-7,11,22-24H2,1-3H3,(H,34,37). The van der Waals surface area contributed by atoms with E-state index in [9.17, 15) is 14.4 Å². The van der Waals surface area contributed by atoms with Gasteiger partial charge < -0.3 is 14.8 Å². The molecule has 0 saturated heterocycles. The van der Waals surface area contributed by atoms with Crippen molar-refractivity contribution in [3.63, 3.8) is 0 Å². The summed E-state index contributed by atoms with van der Waals surface area (Å²) in [5, 5.41) is 4.38. The van der Waals surface area contributed by atoms with Crippen LogP contribution in [-0.2, 0) is 37.3 Å². The molecule has 3 aromatic carbocycles. The number of hydrogen-bond donors (Lipinski definition) is 1. The lowest BCUT2D eigenvalue weighted by Crippen LogP contribution is -2.31. The minimum atomic E-state index is -1.05. The molecule has 9 nitrogen and oxygen atoms in total. The van der Waals surface area contributed by atoms with Crippen molar-refractivity contribution in [3.8, 4) is 5.75 Å². The molecule has 0 saturated carbocycles. The second-order valence-electron chi connectivity index (χ2n) is 9.85. The number of rotatable bonds is 17. The predicted molar refractivity (Wildman–Crippen MR) is 159 cm³/mol. The van der Waals surface area contributed by atoms with Crippen LogP contribution in [-0.4, -0.2) is 35.6 Å². The number of nitrogens with zero attached hydrogens (tertiary/aromatic N) is 1. The SMILES string of the molecule is CCCCCCOc1ccc(C(=O)Nc2ccc(CN(Cc3ccccc3)OOC(=O)C(CC)OC(C)=O)cc2)cc1. The molecular weight excluding hydrogens is 536 g/mol. The lowest BCUT2D eigenvalue weighted by molar-refractivity contribution is -0.408. The molecule has 9 heteroatoms. The van der Waals surface area contributed by atoms with Gasteiger partial charge in [-0.05, 0) is 60.4 Å². The summed E-state index contributed by atoms with van der Waals surface area (Å²) < 4.78 is 10.7. The zero-order valence-corrected chi connectivity index (χ0v) is 24.5. The molecular formula is C33H40N2O7. The molecule has 0 spiro atoms. The molecule has 0 heterocycles. The Morgan fingerprint density at radius 3 is 2.10 bits per heavy atom. The van der Waals surface area contributed by atoms with Crippen molar-refractivity contribution in [1.29, 1.82) is 0 Å². The Bertz CT molecular complexity index is 1250. The van der Waals surface area contributed by atoms with E-state index in [1.807, 2.05) is 42.5 Å². The zero-order chi connectivity index (χ0) is 30.2. The van der Waals surface area contributed by atoms with Crippen LogP contribution in [0.15, 0.2) is 78.9 Å². The number of carbonyl (C=O) groups is 3. The Morgan fingerprint density at radius 2 is 1.48 bits per heavy atom. The van der Waals surface area contributed by atoms with Gasteiger partial charge in [0.2, 0.25) is 6.10 Å². The van der Waals surface area contributed by atoms with Crippen molar-refractivity contribution in [2.24, 2.45) is 0 Å². The van der Waals surface area contributed by atoms with E-state index in [0.717, 1.165) is 29.7 Å². The van der Waals surface area contributed by atoms with Crippen LogP contribution in [0, 0.1) is 0 Å². The van der Waals surface area contributed by atoms with Gasteiger partial charge in [0.1, 0.15) is 5.75 Å². The van der Waals surface area contributed by atoms with E-state index >= 15 is 0 Å². The Kier molecular flexibility index (Phi) is 13.5. The van der Waals surface area contributed by atoms with Gasteiger partial charge in [0.15, 0.2) is 0 Å². The second kappa shape index (κ2) is 17.6. The van der Waals surface area contributed by atoms with Crippen LogP contribution in [0.4, 0.5) is 5.69 Å². The maximum absolute atomic E-state index is 12.8. The van der Waals surface area contributed by atoms with Gasteiger partial charge in [0, 0.05) is 18.2 Å². The summed E-state index contributed by atoms with van der Waals surface area (Å²) in [6, 6.07) is 24.0. The Labute approximate surface area is 247 Å². The smallest absolute Gasteiger partial charge is 0.384 e. The third kappa shape index (κ3) is 11.3. The number of amides is 1. The summed E-state index contributed by atoms with van der Waals surface area (Å²) in [6.07, 6.45) is 3.76. The fraction of sp³-hybridized carbons (Fsp3) is 0.364. The molecule has 0 fully saturated rings. The van der Waals surface area contributed by atoms with Crippen LogP contribution >= 0.6 is 0 Å². The summed E-state index contributed by atoms with van der Waals surface area (Å²) in [5.41, 5.74) is 2.96. The number of hydrogen-bond acceptors (Lipinski definition) is 8. The van der Waals surface area contributed by atoms with Gasteiger partial charge in [-0.2, -0.15) is 0 Å². The predicted octanol–water partition coefficient (Wildman–Crippen LogP) is 6.63. The van der Waals surface area contributed by atoms with E-state index < -0.39 is 18.0 Å². The number of ether oxygens (including phenoxy) is 2. The molecule has 0 radical (unpaired) electrons. The van der Waals surface area contributed by atoms with E-state index in [-0.39, 0.29) is 18.9 Å². The minimum Gasteiger partial charge on any atom is -0.494 e. The molecule has 0 aliphatic rings. The van der Waals surface area contributed by atoms with E-state index in [0.29, 0.717) is 24.4 Å². The molecule has 1 unspecified atom stereocenters. The first kappa shape index (κ1) is 32.3. The third-order valence-electron chi connectivity index (χ3n) is 6.32. The maximum atomic E-state index is 12.8. The number of unbranched alkanes of at least 4 members (excludes halogenated alkanes) is 3. The van der Waals surface area contributed by atoms with Crippen LogP contribution < -0.4 is 10.1 Å². The van der Waals surface area contributed by atoms with Crippen molar-refractivity contribution in [2.75, 3.05) is 11.9 Å². The molecule has 1 atom stereocenters. The van der Waals surface area contributed by atoms with Gasteiger partial charge in [0.25, 0.3) is 5.91 Å². The highest BCUT2D eigenvalue weighted by Crippen LogP contribution is 2.18. The highest BCUT2D eigenvalue weighted by molar-refractivity contribution is 6.04. The zero-order valence-electron chi connectivity index (χ0n) is 24.5. The number of hydroxylamine groups is 2. The van der Waals surface area contributed by atoms with E-state index in [1.54, 1.807) is 43.3 Å². The molecule has 3 aromatic rings. The number of nitrogens with one attached hydrogen (secondary N) is 1. The van der Waals surface area contributed by atoms with Gasteiger partial charge >= 0.3 is 11.9 Å². The number of anilines is 1. The van der Waals surface area contributed by atoms with Crippen LogP contribution in [0.3, 0.4) is 0 Å². The molecule has 224 valence electrons. The van der Waals surface area contributed by atoms with E-state index in [2.05, 4.69) is 12.2 Å². The minimum absolute atomic E-state index is 0.226. The molecule has 1 amide bonds. The highest BCUT2D eigenvalue weighted by Gasteiger charge is 2.24. The molecule has 0 aliphatic carbocycles. The van der Waals surface area contributed by atoms with Gasteiger partial charge in [-0.1, -0.05) is 80.6 Å². The summed E-state index contributed by atoms with van der Waals surface area (Å²) in [4.78, 5) is 46.8. The monoisotopic (exact) mass is 576 g/mol. The number of esters is 1. The average Bonchev–Trinajstić information content (AvgIpc) is 3.00. The highest BCUT2D eigenvalue weighted by atomic mass is 17.3. The largest absolute Gasteiger partial charge is 0.494 e. The first-order chi connectivity index (χ1) is 20.4. The molecule has 0 aromatic heterocycles. The Morgan fingerprint density at radius 1 is 0.810 bits per heavy atom. The third-order valence-corrected chi connectivity index (χ3v) is 6.32. The van der Waals surface area contributed by atoms with Crippen molar-refractivity contribution in [1.82, 2.24) is 5.06 Å². The van der Waals surface area contributed by atoms with Crippen molar-refractivity contribution in [2.45, 2.75) is 72.1 Å². The second-order valence-corrected chi connectivity index (χ2v) is 9.85. The lowest BCUT2D eigenvalue weighted by Gasteiger charge is -2.21. The quantitative estimate of drug-likeness (QED) is 0.0827. The fourth-order valence-corrected chi connectivity index (χ4v) is 4.06. The number of benzene rings is 3. The molecule has 0 bridgehead atoms. The van der Waals surface area contributed by atoms with Crippen molar-refractivity contribution in [3.05, 3.63) is 95.6 Å². The van der Waals surface area contributed by atoms with Crippen LogP contribution in [0.1, 0.15) is 74.4 Å². The van der Waals surface area contributed by atoms with E-state index in [1.165, 1.54) is 24.8 Å². The Hall–Kier alpha value is -4.21. The number of carbonyl (C=O) groups excluding carboxylic acids is 3. The normalized spacial score (nSPS) is 11.5. The van der Waals surface area contributed by atoms with Gasteiger partial charge in [-0.3, -0.25) is 14.5 Å². The van der Waals surface area contributed by atoms with Gasteiger partial charge in [-0.25, -0.2) is 4.79 Å². The first-order valence-corrected chi connectivity index (χ1v) is 14.4. The maximum Gasteiger partial charge on any atom is 0.384 e. The molecule has 0 aliphatic heterocycles. The summed E-state index contributed by atoms with van der Waals surface area (Å²) in [6.45, 7) is 6.39. The topological polar surface area (TPSA) is 103 Å². The van der Waals surface area contributed by atoms with E-state index in [4.69, 9.17) is 19.3 Å². The first-order valence-electron chi connectivity index (χ1n) is 14.4. The summed E-state index contributed by atoms with van der Waals surface area (Å²) in [5.74, 6) is -0.852. The average molecular weight is 577 g/mol. The molecule has 42 heavy (non-hydrogen) atoms.